The van der Waals surface area contributed by atoms with Gasteiger partial charge in [-0.2, -0.15) is 5.10 Å². The number of hydrogen-bond donors (Lipinski definition) is 0. The quantitative estimate of drug-likeness (QED) is 0.730. The van der Waals surface area contributed by atoms with Gasteiger partial charge in [-0.1, -0.05) is 0 Å². The van der Waals surface area contributed by atoms with E-state index in [4.69, 9.17) is 4.74 Å². The van der Waals surface area contributed by atoms with E-state index in [9.17, 15) is 4.79 Å². The first-order chi connectivity index (χ1) is 8.15. The molecule has 0 saturated heterocycles. The number of aryl methyl sites for hydroxylation is 1. The molecule has 6 heteroatoms. The van der Waals surface area contributed by atoms with Crippen molar-refractivity contribution in [3.05, 3.63) is 35.5 Å². The number of nitrogens with zero attached hydrogens (tertiary/aromatic N) is 4. The number of ether oxygens (including phenoxy) is 1. The molecule has 0 aliphatic carbocycles. The zero-order valence-corrected chi connectivity index (χ0v) is 9.84. The molecule has 0 amide bonds. The molecule has 17 heavy (non-hydrogen) atoms. The first-order valence-electron chi connectivity index (χ1n) is 5.03. The third-order valence-electron chi connectivity index (χ3n) is 2.55. The number of hydrogen-bond acceptors (Lipinski definition) is 5. The number of aromatic nitrogens is 4. The number of ketones is 1. The third-order valence-corrected chi connectivity index (χ3v) is 2.55. The second kappa shape index (κ2) is 4.32. The van der Waals surface area contributed by atoms with Gasteiger partial charge < -0.3 is 4.74 Å². The summed E-state index contributed by atoms with van der Waals surface area (Å²) in [7, 11) is 3.23. The molecule has 0 atom stereocenters. The number of methoxy groups -OCH3 is 1. The number of rotatable bonds is 3. The van der Waals surface area contributed by atoms with Crippen LogP contribution in [-0.4, -0.2) is 32.6 Å². The Kier molecular flexibility index (Phi) is 2.86. The molecule has 88 valence electrons. The van der Waals surface area contributed by atoms with Gasteiger partial charge in [-0.25, -0.2) is 9.97 Å². The average Bonchev–Trinajstić information content (AvgIpc) is 2.69. The Labute approximate surface area is 98.3 Å². The Morgan fingerprint density at radius 2 is 2.06 bits per heavy atom. The van der Waals surface area contributed by atoms with E-state index < -0.39 is 0 Å². The van der Waals surface area contributed by atoms with Gasteiger partial charge in [-0.3, -0.25) is 9.48 Å². The zero-order chi connectivity index (χ0) is 12.4. The number of carbonyl (C=O) groups excluding carboxylic acids is 1. The van der Waals surface area contributed by atoms with Gasteiger partial charge in [0.15, 0.2) is 5.69 Å². The molecule has 2 aromatic rings. The molecule has 2 rings (SSSR count). The molecule has 0 spiro atoms. The summed E-state index contributed by atoms with van der Waals surface area (Å²) in [4.78, 5) is 20.2. The fraction of sp³-hybridized carbons (Fsp3) is 0.273. The summed E-state index contributed by atoms with van der Waals surface area (Å²) < 4.78 is 6.65. The van der Waals surface area contributed by atoms with Crippen molar-refractivity contribution in [3.8, 4) is 5.88 Å². The highest BCUT2D eigenvalue weighted by Crippen LogP contribution is 2.17. The van der Waals surface area contributed by atoms with E-state index in [-0.39, 0.29) is 17.4 Å². The Bertz CT molecular complexity index is 562. The lowest BCUT2D eigenvalue weighted by molar-refractivity contribution is 0.102. The maximum Gasteiger partial charge on any atom is 0.243 e. The van der Waals surface area contributed by atoms with Gasteiger partial charge in [-0.05, 0) is 6.92 Å². The maximum atomic E-state index is 12.2. The highest BCUT2D eigenvalue weighted by atomic mass is 16.5. The first kappa shape index (κ1) is 11.3. The van der Waals surface area contributed by atoms with E-state index in [2.05, 4.69) is 15.1 Å². The fourth-order valence-corrected chi connectivity index (χ4v) is 1.48. The van der Waals surface area contributed by atoms with Crippen LogP contribution < -0.4 is 4.74 Å². The zero-order valence-electron chi connectivity index (χ0n) is 9.84. The van der Waals surface area contributed by atoms with E-state index in [1.54, 1.807) is 11.7 Å². The van der Waals surface area contributed by atoms with Crippen LogP contribution >= 0.6 is 0 Å². The van der Waals surface area contributed by atoms with E-state index in [0.29, 0.717) is 5.56 Å². The molecule has 2 heterocycles. The van der Waals surface area contributed by atoms with E-state index in [0.717, 1.165) is 5.69 Å². The topological polar surface area (TPSA) is 69.9 Å². The van der Waals surface area contributed by atoms with Crippen molar-refractivity contribution in [2.75, 3.05) is 7.11 Å². The standard InChI is InChI=1S/C11H12N4O2/c1-7-8(6-14-15(7)2)10(16)9-11(17-3)13-5-4-12-9/h4-6H,1-3H3. The summed E-state index contributed by atoms with van der Waals surface area (Å²) in [5.74, 6) is -0.0127. The van der Waals surface area contributed by atoms with Gasteiger partial charge >= 0.3 is 0 Å². The molecule has 6 nitrogen and oxygen atoms in total. The smallest absolute Gasteiger partial charge is 0.243 e. The van der Waals surface area contributed by atoms with Crippen LogP contribution in [-0.2, 0) is 7.05 Å². The van der Waals surface area contributed by atoms with Crippen molar-refractivity contribution >= 4 is 5.78 Å². The maximum absolute atomic E-state index is 12.2. The fourth-order valence-electron chi connectivity index (χ4n) is 1.48. The lowest BCUT2D eigenvalue weighted by Gasteiger charge is -2.04. The summed E-state index contributed by atoms with van der Waals surface area (Å²) in [6.45, 7) is 1.82. The monoisotopic (exact) mass is 232 g/mol. The molecule has 0 unspecified atom stereocenters. The second-order valence-corrected chi connectivity index (χ2v) is 3.51. The predicted molar refractivity (Wildman–Crippen MR) is 60.0 cm³/mol. The summed E-state index contributed by atoms with van der Waals surface area (Å²) in [6, 6.07) is 0. The molecule has 2 aromatic heterocycles. The molecular formula is C11H12N4O2. The lowest BCUT2D eigenvalue weighted by Crippen LogP contribution is -2.08. The molecule has 0 fully saturated rings. The van der Waals surface area contributed by atoms with Crippen LogP contribution in [0.5, 0.6) is 5.88 Å². The Morgan fingerprint density at radius 1 is 1.35 bits per heavy atom. The van der Waals surface area contributed by atoms with Crippen molar-refractivity contribution in [1.82, 2.24) is 19.7 Å². The molecule has 0 aliphatic heterocycles. The Morgan fingerprint density at radius 3 is 2.65 bits per heavy atom. The highest BCUT2D eigenvalue weighted by molar-refractivity contribution is 6.09. The van der Waals surface area contributed by atoms with Crippen molar-refractivity contribution in [2.45, 2.75) is 6.92 Å². The van der Waals surface area contributed by atoms with Crippen LogP contribution in [0.15, 0.2) is 18.6 Å². The lowest BCUT2D eigenvalue weighted by atomic mass is 10.1. The minimum absolute atomic E-state index is 0.200. The van der Waals surface area contributed by atoms with Gasteiger partial charge in [0.1, 0.15) is 0 Å². The molecule has 0 saturated carbocycles. The highest BCUT2D eigenvalue weighted by Gasteiger charge is 2.20. The molecule has 0 radical (unpaired) electrons. The Hall–Kier alpha value is -2.24. The van der Waals surface area contributed by atoms with Crippen LogP contribution in [0.3, 0.4) is 0 Å². The minimum Gasteiger partial charge on any atom is -0.479 e. The van der Waals surface area contributed by atoms with Gasteiger partial charge in [0, 0.05) is 25.1 Å². The van der Waals surface area contributed by atoms with Gasteiger partial charge in [0.2, 0.25) is 11.7 Å². The minimum atomic E-state index is -0.236. The van der Waals surface area contributed by atoms with Crippen LogP contribution in [0.25, 0.3) is 0 Å². The molecule has 0 aromatic carbocycles. The van der Waals surface area contributed by atoms with Gasteiger partial charge in [0.25, 0.3) is 0 Å². The van der Waals surface area contributed by atoms with Gasteiger partial charge in [0.05, 0.1) is 18.9 Å². The number of carbonyl (C=O) groups is 1. The van der Waals surface area contributed by atoms with Crippen LogP contribution in [0, 0.1) is 6.92 Å². The summed E-state index contributed by atoms with van der Waals surface area (Å²) >= 11 is 0. The largest absolute Gasteiger partial charge is 0.479 e. The van der Waals surface area contributed by atoms with E-state index in [1.165, 1.54) is 25.7 Å². The molecular weight excluding hydrogens is 220 g/mol. The van der Waals surface area contributed by atoms with Crippen molar-refractivity contribution in [3.63, 3.8) is 0 Å². The summed E-state index contributed by atoms with van der Waals surface area (Å²) in [6.07, 6.45) is 4.46. The average molecular weight is 232 g/mol. The molecule has 0 bridgehead atoms. The van der Waals surface area contributed by atoms with Crippen LogP contribution in [0.2, 0.25) is 0 Å². The SMILES string of the molecule is COc1nccnc1C(=O)c1cnn(C)c1C. The normalized spacial score (nSPS) is 10.3. The third kappa shape index (κ3) is 1.89. The van der Waals surface area contributed by atoms with Crippen LogP contribution in [0.1, 0.15) is 21.7 Å². The van der Waals surface area contributed by atoms with Crippen molar-refractivity contribution in [2.24, 2.45) is 7.05 Å². The van der Waals surface area contributed by atoms with Crippen molar-refractivity contribution < 1.29 is 9.53 Å². The van der Waals surface area contributed by atoms with Crippen LogP contribution in [0.4, 0.5) is 0 Å². The second-order valence-electron chi connectivity index (χ2n) is 3.51. The molecule has 0 aliphatic rings. The van der Waals surface area contributed by atoms with E-state index in [1.807, 2.05) is 6.92 Å². The van der Waals surface area contributed by atoms with Gasteiger partial charge in [-0.15, -0.1) is 0 Å². The summed E-state index contributed by atoms with van der Waals surface area (Å²) in [5.41, 5.74) is 1.49. The Balaban J connectivity index is 2.47. The predicted octanol–water partition coefficient (Wildman–Crippen LogP) is 0.758. The summed E-state index contributed by atoms with van der Waals surface area (Å²) in [5, 5.41) is 4.03. The molecule has 0 N–H and O–H groups in total. The first-order valence-corrected chi connectivity index (χ1v) is 5.03. The van der Waals surface area contributed by atoms with Crippen molar-refractivity contribution in [1.29, 1.82) is 0 Å². The van der Waals surface area contributed by atoms with E-state index >= 15 is 0 Å².